The van der Waals surface area contributed by atoms with Crippen LogP contribution in [0.4, 0.5) is 0 Å². The average Bonchev–Trinajstić information content (AvgIpc) is 2.22. The predicted molar refractivity (Wildman–Crippen MR) is 58.4 cm³/mol. The molecule has 0 spiro atoms. The highest BCUT2D eigenvalue weighted by Crippen LogP contribution is 2.52. The molecule has 14 heavy (non-hydrogen) atoms. The highest BCUT2D eigenvalue weighted by molar-refractivity contribution is 7.54. The van der Waals surface area contributed by atoms with E-state index in [1.807, 2.05) is 20.8 Å². The van der Waals surface area contributed by atoms with Gasteiger partial charge in [0.2, 0.25) is 0 Å². The average molecular weight is 223 g/mol. The van der Waals surface area contributed by atoms with E-state index in [0.717, 1.165) is 12.8 Å². The number of hydrogen-bond donors (Lipinski definition) is 1. The maximum absolute atomic E-state index is 12.1. The van der Waals surface area contributed by atoms with Gasteiger partial charge in [0.1, 0.15) is 5.78 Å². The van der Waals surface area contributed by atoms with Crippen LogP contribution in [0.1, 0.15) is 40.0 Å². The molecule has 86 valence electrons. The van der Waals surface area contributed by atoms with Gasteiger partial charge in [0.05, 0.1) is 13.2 Å². The van der Waals surface area contributed by atoms with Crippen LogP contribution in [-0.2, 0) is 13.6 Å². The zero-order valence-corrected chi connectivity index (χ0v) is 10.3. The molecule has 0 aromatic rings. The molecule has 0 aliphatic carbocycles. The highest BCUT2D eigenvalue weighted by atomic mass is 31.2. The van der Waals surface area contributed by atoms with E-state index >= 15 is 0 Å². The molecule has 0 saturated carbocycles. The summed E-state index contributed by atoms with van der Waals surface area (Å²) < 4.78 is 22.6. The first kappa shape index (κ1) is 14.1. The lowest BCUT2D eigenvalue weighted by Crippen LogP contribution is -2.22. The third kappa shape index (κ3) is 4.56. The van der Waals surface area contributed by atoms with Crippen molar-refractivity contribution in [2.45, 2.75) is 45.8 Å². The fourth-order valence-electron chi connectivity index (χ4n) is 0.889. The van der Waals surface area contributed by atoms with Gasteiger partial charge in [-0.1, -0.05) is 20.8 Å². The largest absolute Gasteiger partial charge is 0.347 e. The first-order chi connectivity index (χ1) is 6.60. The molecule has 0 aliphatic rings. The molecule has 0 aliphatic heterocycles. The monoisotopic (exact) mass is 223 g/mol. The molecule has 0 fully saturated rings. The molecule has 2 N–H and O–H groups in total. The molecule has 4 nitrogen and oxygen atoms in total. The Morgan fingerprint density at radius 2 is 1.57 bits per heavy atom. The molecule has 0 aromatic carbocycles. The second-order valence-corrected chi connectivity index (χ2v) is 5.44. The Hall–Kier alpha value is 0.110. The Labute approximate surface area is 86.7 Å². The molecule has 0 radical (unpaired) electrons. The Balaban J connectivity index is 4.25. The van der Waals surface area contributed by atoms with Crippen LogP contribution in [0.15, 0.2) is 0 Å². The molecule has 0 amide bonds. The van der Waals surface area contributed by atoms with Gasteiger partial charge in [0.25, 0.3) is 0 Å². The summed E-state index contributed by atoms with van der Waals surface area (Å²) in [6.45, 7) is 6.68. The van der Waals surface area contributed by atoms with Crippen molar-refractivity contribution >= 4 is 7.60 Å². The van der Waals surface area contributed by atoms with Crippen LogP contribution in [0.5, 0.6) is 0 Å². The van der Waals surface area contributed by atoms with Gasteiger partial charge in [-0.15, -0.1) is 0 Å². The molecular formula is C9H22NO3P. The van der Waals surface area contributed by atoms with Crippen LogP contribution in [0.25, 0.3) is 0 Å². The molecule has 0 saturated heterocycles. The summed E-state index contributed by atoms with van der Waals surface area (Å²) in [5.74, 6) is -0.499. The van der Waals surface area contributed by atoms with E-state index in [-0.39, 0.29) is 0 Å². The number of hydrogen-bond acceptors (Lipinski definition) is 4. The zero-order valence-electron chi connectivity index (χ0n) is 9.36. The highest BCUT2D eigenvalue weighted by Gasteiger charge is 2.31. The van der Waals surface area contributed by atoms with Crippen LogP contribution < -0.4 is 5.73 Å². The van der Waals surface area contributed by atoms with Gasteiger partial charge in [-0.05, 0) is 19.3 Å². The minimum absolute atomic E-state index is 0.439. The fraction of sp³-hybridized carbons (Fsp3) is 1.00. The quantitative estimate of drug-likeness (QED) is 0.643. The summed E-state index contributed by atoms with van der Waals surface area (Å²) in [7, 11) is -3.07. The van der Waals surface area contributed by atoms with Crippen molar-refractivity contribution in [3.05, 3.63) is 0 Å². The van der Waals surface area contributed by atoms with Crippen LogP contribution in [0.3, 0.4) is 0 Å². The van der Waals surface area contributed by atoms with Gasteiger partial charge in [-0.2, -0.15) is 0 Å². The van der Waals surface area contributed by atoms with E-state index < -0.39 is 13.4 Å². The van der Waals surface area contributed by atoms with Crippen LogP contribution >= 0.6 is 7.60 Å². The Bertz CT molecular complexity index is 175. The summed E-state index contributed by atoms with van der Waals surface area (Å²) in [6.07, 6.45) is 2.23. The summed E-state index contributed by atoms with van der Waals surface area (Å²) >= 11 is 0. The minimum atomic E-state index is -3.07. The maximum Gasteiger partial charge on any atom is 0.347 e. The molecular weight excluding hydrogens is 201 g/mol. The topological polar surface area (TPSA) is 61.5 Å². The lowest BCUT2D eigenvalue weighted by molar-refractivity contribution is 0.196. The van der Waals surface area contributed by atoms with Crippen molar-refractivity contribution in [3.8, 4) is 0 Å². The van der Waals surface area contributed by atoms with E-state index in [9.17, 15) is 4.57 Å². The Morgan fingerprint density at radius 1 is 1.14 bits per heavy atom. The van der Waals surface area contributed by atoms with E-state index in [4.69, 9.17) is 14.8 Å². The van der Waals surface area contributed by atoms with E-state index in [2.05, 4.69) is 0 Å². The standard InChI is InChI=1S/C9H22NO3P/c1-4-7-12-14(11,9(10)6-3)13-8-5-2/h9H,4-8,10H2,1-3H3. The molecule has 0 heterocycles. The van der Waals surface area contributed by atoms with Gasteiger partial charge >= 0.3 is 7.60 Å². The second-order valence-electron chi connectivity index (χ2n) is 3.18. The predicted octanol–water partition coefficient (Wildman–Crippen LogP) is 2.73. The zero-order chi connectivity index (χ0) is 11.0. The van der Waals surface area contributed by atoms with Crippen LogP contribution in [-0.4, -0.2) is 19.0 Å². The van der Waals surface area contributed by atoms with Crippen molar-refractivity contribution in [2.24, 2.45) is 5.73 Å². The lowest BCUT2D eigenvalue weighted by atomic mass is 10.5. The second kappa shape index (κ2) is 7.41. The van der Waals surface area contributed by atoms with Crippen molar-refractivity contribution in [1.29, 1.82) is 0 Å². The lowest BCUT2D eigenvalue weighted by Gasteiger charge is -2.22. The van der Waals surface area contributed by atoms with Gasteiger partial charge in [0.15, 0.2) is 0 Å². The summed E-state index contributed by atoms with van der Waals surface area (Å²) in [5, 5.41) is 0. The van der Waals surface area contributed by atoms with Crippen molar-refractivity contribution in [1.82, 2.24) is 0 Å². The van der Waals surface area contributed by atoms with Gasteiger partial charge in [0, 0.05) is 0 Å². The van der Waals surface area contributed by atoms with E-state index in [1.54, 1.807) is 0 Å². The van der Waals surface area contributed by atoms with Gasteiger partial charge in [-0.3, -0.25) is 4.57 Å². The molecule has 5 heteroatoms. The van der Waals surface area contributed by atoms with Crippen LogP contribution in [0, 0.1) is 0 Å². The summed E-state index contributed by atoms with van der Waals surface area (Å²) in [5.41, 5.74) is 5.72. The Kier molecular flexibility index (Phi) is 7.47. The smallest absolute Gasteiger partial charge is 0.318 e. The van der Waals surface area contributed by atoms with Gasteiger partial charge in [-0.25, -0.2) is 0 Å². The first-order valence-electron chi connectivity index (χ1n) is 5.25. The third-order valence-corrected chi connectivity index (χ3v) is 4.04. The maximum atomic E-state index is 12.1. The minimum Gasteiger partial charge on any atom is -0.318 e. The summed E-state index contributed by atoms with van der Waals surface area (Å²) in [6, 6.07) is 0. The van der Waals surface area contributed by atoms with Crippen molar-refractivity contribution in [2.75, 3.05) is 13.2 Å². The SMILES string of the molecule is CCCOP(=O)(OCCC)C(N)CC. The van der Waals surface area contributed by atoms with E-state index in [1.165, 1.54) is 0 Å². The number of rotatable bonds is 8. The number of nitrogens with two attached hydrogens (primary N) is 1. The molecule has 0 bridgehead atoms. The third-order valence-electron chi connectivity index (χ3n) is 1.78. The normalized spacial score (nSPS) is 14.3. The molecule has 0 aromatic heterocycles. The molecule has 0 rings (SSSR count). The van der Waals surface area contributed by atoms with E-state index in [0.29, 0.717) is 19.6 Å². The fourth-order valence-corrected chi connectivity index (χ4v) is 2.67. The molecule has 1 atom stereocenters. The van der Waals surface area contributed by atoms with Crippen LogP contribution in [0.2, 0.25) is 0 Å². The van der Waals surface area contributed by atoms with Crippen molar-refractivity contribution in [3.63, 3.8) is 0 Å². The first-order valence-corrected chi connectivity index (χ1v) is 6.86. The Morgan fingerprint density at radius 3 is 1.86 bits per heavy atom. The van der Waals surface area contributed by atoms with Gasteiger partial charge < -0.3 is 14.8 Å². The molecule has 1 unspecified atom stereocenters. The van der Waals surface area contributed by atoms with Crippen molar-refractivity contribution < 1.29 is 13.6 Å². The summed E-state index contributed by atoms with van der Waals surface area (Å²) in [4.78, 5) is 0.